The Balaban J connectivity index is 2.21. The number of unbranched alkanes of at least 4 members (excludes halogenated alkanes) is 1. The quantitative estimate of drug-likeness (QED) is 0.640. The van der Waals surface area contributed by atoms with Gasteiger partial charge in [-0.15, -0.1) is 0 Å². The van der Waals surface area contributed by atoms with E-state index in [1.165, 1.54) is 19.3 Å². The van der Waals surface area contributed by atoms with Crippen LogP contribution in [0.4, 0.5) is 0 Å². The first-order valence-electron chi connectivity index (χ1n) is 5.17. The zero-order chi connectivity index (χ0) is 8.81. The monoisotopic (exact) mass is 168 g/mol. The van der Waals surface area contributed by atoms with Crippen molar-refractivity contribution in [1.29, 1.82) is 0 Å². The van der Waals surface area contributed by atoms with Gasteiger partial charge in [-0.25, -0.2) is 0 Å². The predicted molar refractivity (Wildman–Crippen MR) is 52.0 cm³/mol. The van der Waals surface area contributed by atoms with Gasteiger partial charge < -0.3 is 5.11 Å². The average Bonchev–Trinajstić information content (AvgIpc) is 2.15. The second-order valence-electron chi connectivity index (χ2n) is 3.75. The van der Waals surface area contributed by atoms with E-state index in [0.29, 0.717) is 5.92 Å². The fourth-order valence-corrected chi connectivity index (χ4v) is 1.82. The Morgan fingerprint density at radius 1 is 1.50 bits per heavy atom. The van der Waals surface area contributed by atoms with E-state index < -0.39 is 0 Å². The maximum absolute atomic E-state index is 9.77. The van der Waals surface area contributed by atoms with Crippen LogP contribution in [0, 0.1) is 5.92 Å². The van der Waals surface area contributed by atoms with Crippen molar-refractivity contribution in [1.82, 2.24) is 0 Å². The van der Waals surface area contributed by atoms with Gasteiger partial charge in [0.15, 0.2) is 0 Å². The normalized spacial score (nSPS) is 25.7. The van der Waals surface area contributed by atoms with Crippen molar-refractivity contribution in [3.8, 4) is 0 Å². The first-order valence-corrected chi connectivity index (χ1v) is 5.17. The van der Waals surface area contributed by atoms with Crippen LogP contribution in [0.15, 0.2) is 12.2 Å². The Kier molecular flexibility index (Phi) is 4.37. The smallest absolute Gasteiger partial charge is 0.0571 e. The number of hydrogen-bond acceptors (Lipinski definition) is 1. The summed E-state index contributed by atoms with van der Waals surface area (Å²) in [6.45, 7) is 2.17. The second kappa shape index (κ2) is 5.36. The van der Waals surface area contributed by atoms with Crippen molar-refractivity contribution in [2.75, 3.05) is 0 Å². The van der Waals surface area contributed by atoms with Gasteiger partial charge >= 0.3 is 0 Å². The van der Waals surface area contributed by atoms with Crippen LogP contribution < -0.4 is 0 Å². The van der Waals surface area contributed by atoms with Gasteiger partial charge in [0.05, 0.1) is 6.10 Å². The Morgan fingerprint density at radius 3 is 2.92 bits per heavy atom. The predicted octanol–water partition coefficient (Wildman–Crippen LogP) is 2.89. The zero-order valence-corrected chi connectivity index (χ0v) is 8.00. The number of allylic oxidation sites excluding steroid dienone is 2. The van der Waals surface area contributed by atoms with Gasteiger partial charge in [0, 0.05) is 0 Å². The van der Waals surface area contributed by atoms with Crippen LogP contribution in [0.3, 0.4) is 0 Å². The fourth-order valence-electron chi connectivity index (χ4n) is 1.82. The van der Waals surface area contributed by atoms with Crippen molar-refractivity contribution < 1.29 is 5.11 Å². The van der Waals surface area contributed by atoms with E-state index in [-0.39, 0.29) is 6.10 Å². The molecule has 2 atom stereocenters. The van der Waals surface area contributed by atoms with E-state index in [9.17, 15) is 5.11 Å². The maximum Gasteiger partial charge on any atom is 0.0571 e. The highest BCUT2D eigenvalue weighted by Crippen LogP contribution is 2.24. The molecule has 0 spiro atoms. The van der Waals surface area contributed by atoms with E-state index in [4.69, 9.17) is 0 Å². The van der Waals surface area contributed by atoms with Crippen LogP contribution in [0.5, 0.6) is 0 Å². The lowest BCUT2D eigenvalue weighted by Crippen LogP contribution is -2.21. The Labute approximate surface area is 75.5 Å². The molecule has 70 valence electrons. The van der Waals surface area contributed by atoms with E-state index in [0.717, 1.165) is 19.3 Å². The third-order valence-corrected chi connectivity index (χ3v) is 2.71. The molecule has 0 saturated heterocycles. The molecule has 0 aromatic rings. The van der Waals surface area contributed by atoms with Gasteiger partial charge in [0.2, 0.25) is 0 Å². The topological polar surface area (TPSA) is 20.2 Å². The van der Waals surface area contributed by atoms with E-state index in [1.54, 1.807) is 0 Å². The summed E-state index contributed by atoms with van der Waals surface area (Å²) < 4.78 is 0. The van der Waals surface area contributed by atoms with Gasteiger partial charge in [-0.05, 0) is 31.6 Å². The molecule has 1 rings (SSSR count). The molecule has 1 aliphatic rings. The molecule has 0 fully saturated rings. The Bertz CT molecular complexity index is 140. The van der Waals surface area contributed by atoms with Gasteiger partial charge in [-0.2, -0.15) is 0 Å². The molecule has 0 saturated carbocycles. The average molecular weight is 168 g/mol. The summed E-state index contributed by atoms with van der Waals surface area (Å²) in [5.74, 6) is 0.543. The van der Waals surface area contributed by atoms with Gasteiger partial charge in [0.25, 0.3) is 0 Å². The van der Waals surface area contributed by atoms with E-state index >= 15 is 0 Å². The molecule has 0 heterocycles. The zero-order valence-electron chi connectivity index (χ0n) is 8.00. The van der Waals surface area contributed by atoms with Crippen LogP contribution >= 0.6 is 0 Å². The summed E-state index contributed by atoms with van der Waals surface area (Å²) in [5, 5.41) is 9.77. The summed E-state index contributed by atoms with van der Waals surface area (Å²) in [6.07, 6.45) is 11.2. The lowest BCUT2D eigenvalue weighted by Gasteiger charge is -2.23. The summed E-state index contributed by atoms with van der Waals surface area (Å²) in [4.78, 5) is 0. The Hall–Kier alpha value is -0.300. The largest absolute Gasteiger partial charge is 0.393 e. The summed E-state index contributed by atoms with van der Waals surface area (Å²) >= 11 is 0. The molecule has 1 aliphatic carbocycles. The van der Waals surface area contributed by atoms with Crippen molar-refractivity contribution in [3.63, 3.8) is 0 Å². The standard InChI is InChI=1S/C11H20O/c1-2-3-9-11(12)10-7-5-4-6-8-10/h4-5,10-12H,2-3,6-9H2,1H3. The number of hydrogen-bond donors (Lipinski definition) is 1. The first-order chi connectivity index (χ1) is 5.84. The molecular weight excluding hydrogens is 148 g/mol. The van der Waals surface area contributed by atoms with E-state index in [2.05, 4.69) is 19.1 Å². The molecule has 0 aromatic heterocycles. The molecule has 2 unspecified atom stereocenters. The first kappa shape index (κ1) is 9.79. The number of aliphatic hydroxyl groups excluding tert-OH is 1. The molecule has 1 heteroatoms. The van der Waals surface area contributed by atoms with Gasteiger partial charge in [-0.3, -0.25) is 0 Å². The van der Waals surface area contributed by atoms with Crippen LogP contribution in [0.1, 0.15) is 45.4 Å². The maximum atomic E-state index is 9.77. The van der Waals surface area contributed by atoms with Crippen molar-refractivity contribution in [3.05, 3.63) is 12.2 Å². The van der Waals surface area contributed by atoms with E-state index in [1.807, 2.05) is 0 Å². The summed E-state index contributed by atoms with van der Waals surface area (Å²) in [7, 11) is 0. The summed E-state index contributed by atoms with van der Waals surface area (Å²) in [5.41, 5.74) is 0. The highest BCUT2D eigenvalue weighted by molar-refractivity contribution is 4.91. The third-order valence-electron chi connectivity index (χ3n) is 2.71. The molecule has 1 N–H and O–H groups in total. The minimum Gasteiger partial charge on any atom is -0.393 e. The fraction of sp³-hybridized carbons (Fsp3) is 0.818. The van der Waals surface area contributed by atoms with Crippen LogP contribution in [-0.2, 0) is 0 Å². The lowest BCUT2D eigenvalue weighted by molar-refractivity contribution is 0.0913. The molecule has 0 aliphatic heterocycles. The molecular formula is C11H20O. The highest BCUT2D eigenvalue weighted by Gasteiger charge is 2.18. The Morgan fingerprint density at radius 2 is 2.33 bits per heavy atom. The van der Waals surface area contributed by atoms with Gasteiger partial charge in [0.1, 0.15) is 0 Å². The molecule has 0 amide bonds. The van der Waals surface area contributed by atoms with Crippen molar-refractivity contribution in [2.45, 2.75) is 51.6 Å². The molecule has 0 aromatic carbocycles. The van der Waals surface area contributed by atoms with Crippen LogP contribution in [0.25, 0.3) is 0 Å². The number of rotatable bonds is 4. The lowest BCUT2D eigenvalue weighted by atomic mass is 9.87. The van der Waals surface area contributed by atoms with Gasteiger partial charge in [-0.1, -0.05) is 31.9 Å². The second-order valence-corrected chi connectivity index (χ2v) is 3.75. The third kappa shape index (κ3) is 2.98. The summed E-state index contributed by atoms with van der Waals surface area (Å²) in [6, 6.07) is 0. The number of aliphatic hydroxyl groups is 1. The molecule has 12 heavy (non-hydrogen) atoms. The minimum atomic E-state index is -0.0464. The van der Waals surface area contributed by atoms with Crippen molar-refractivity contribution >= 4 is 0 Å². The van der Waals surface area contributed by atoms with Crippen LogP contribution in [0.2, 0.25) is 0 Å². The molecule has 1 nitrogen and oxygen atoms in total. The molecule has 0 radical (unpaired) electrons. The SMILES string of the molecule is CCCCC(O)C1CC=CCC1. The molecule has 0 bridgehead atoms. The van der Waals surface area contributed by atoms with Crippen molar-refractivity contribution in [2.24, 2.45) is 5.92 Å². The highest BCUT2D eigenvalue weighted by atomic mass is 16.3. The minimum absolute atomic E-state index is 0.0464. The van der Waals surface area contributed by atoms with Crippen LogP contribution in [-0.4, -0.2) is 11.2 Å².